The molecule has 2 amide bonds. The van der Waals surface area contributed by atoms with E-state index in [1.54, 1.807) is 48.5 Å². The summed E-state index contributed by atoms with van der Waals surface area (Å²) >= 11 is 0. The van der Waals surface area contributed by atoms with Crippen molar-refractivity contribution in [2.75, 3.05) is 31.7 Å². The van der Waals surface area contributed by atoms with E-state index in [2.05, 4.69) is 4.98 Å². The van der Waals surface area contributed by atoms with E-state index in [1.165, 1.54) is 4.90 Å². The SMILES string of the molecule is COCCN1CC(C(=O)N(Cc2ccccn2)c2ccccc2O)CC1=O. The molecular formula is C20H23N3O4. The lowest BCUT2D eigenvalue weighted by Crippen LogP contribution is -2.37. The molecule has 1 aromatic heterocycles. The Labute approximate surface area is 158 Å². The van der Waals surface area contributed by atoms with E-state index >= 15 is 0 Å². The van der Waals surface area contributed by atoms with Crippen molar-refractivity contribution >= 4 is 17.5 Å². The van der Waals surface area contributed by atoms with Gasteiger partial charge in [-0.05, 0) is 24.3 Å². The Kier molecular flexibility index (Phi) is 6.03. The summed E-state index contributed by atoms with van der Waals surface area (Å²) in [5.41, 5.74) is 1.12. The molecule has 2 heterocycles. The average Bonchev–Trinajstić information content (AvgIpc) is 3.06. The molecule has 0 saturated carbocycles. The molecule has 1 aromatic carbocycles. The Balaban J connectivity index is 1.83. The highest BCUT2D eigenvalue weighted by Gasteiger charge is 2.37. The fourth-order valence-corrected chi connectivity index (χ4v) is 3.20. The van der Waals surface area contributed by atoms with Gasteiger partial charge in [-0.2, -0.15) is 0 Å². The zero-order valence-corrected chi connectivity index (χ0v) is 15.2. The first-order valence-corrected chi connectivity index (χ1v) is 8.86. The fraction of sp³-hybridized carbons (Fsp3) is 0.350. The normalized spacial score (nSPS) is 16.6. The number of hydrogen-bond acceptors (Lipinski definition) is 5. The zero-order valence-electron chi connectivity index (χ0n) is 15.2. The van der Waals surface area contributed by atoms with Crippen molar-refractivity contribution in [1.82, 2.24) is 9.88 Å². The largest absolute Gasteiger partial charge is 0.506 e. The summed E-state index contributed by atoms with van der Waals surface area (Å²) in [6.45, 7) is 1.48. The molecule has 0 bridgehead atoms. The van der Waals surface area contributed by atoms with Gasteiger partial charge in [0, 0.05) is 32.8 Å². The molecule has 1 N–H and O–H groups in total. The molecule has 0 radical (unpaired) electrons. The van der Waals surface area contributed by atoms with Crippen LogP contribution in [0.3, 0.4) is 0 Å². The number of aromatic hydroxyl groups is 1. The maximum absolute atomic E-state index is 13.2. The van der Waals surface area contributed by atoms with Crippen LogP contribution in [-0.4, -0.2) is 53.6 Å². The summed E-state index contributed by atoms with van der Waals surface area (Å²) in [6, 6.07) is 12.2. The van der Waals surface area contributed by atoms with Crippen LogP contribution < -0.4 is 4.90 Å². The molecule has 1 aliphatic heterocycles. The second-order valence-electron chi connectivity index (χ2n) is 6.47. The Bertz CT molecular complexity index is 797. The minimum absolute atomic E-state index is 0.0161. The molecule has 142 valence electrons. The smallest absolute Gasteiger partial charge is 0.232 e. The molecule has 1 unspecified atom stereocenters. The number of rotatable bonds is 7. The van der Waals surface area contributed by atoms with E-state index in [4.69, 9.17) is 4.74 Å². The van der Waals surface area contributed by atoms with Crippen LogP contribution in [0.5, 0.6) is 5.75 Å². The van der Waals surface area contributed by atoms with Gasteiger partial charge in [-0.3, -0.25) is 14.6 Å². The molecule has 1 saturated heterocycles. The highest BCUT2D eigenvalue weighted by atomic mass is 16.5. The van der Waals surface area contributed by atoms with Crippen molar-refractivity contribution in [3.05, 3.63) is 54.4 Å². The van der Waals surface area contributed by atoms with Crippen molar-refractivity contribution in [3.63, 3.8) is 0 Å². The lowest BCUT2D eigenvalue weighted by Gasteiger charge is -2.26. The van der Waals surface area contributed by atoms with Crippen molar-refractivity contribution < 1.29 is 19.4 Å². The first-order valence-electron chi connectivity index (χ1n) is 8.86. The molecule has 2 aromatic rings. The number of para-hydroxylation sites is 2. The second-order valence-corrected chi connectivity index (χ2v) is 6.47. The number of methoxy groups -OCH3 is 1. The van der Waals surface area contributed by atoms with Gasteiger partial charge in [-0.25, -0.2) is 0 Å². The molecule has 3 rings (SSSR count). The minimum atomic E-state index is -0.460. The fourth-order valence-electron chi connectivity index (χ4n) is 3.20. The number of anilines is 1. The Morgan fingerprint density at radius 2 is 2.07 bits per heavy atom. The first-order chi connectivity index (χ1) is 13.1. The number of aromatic nitrogens is 1. The number of ether oxygens (including phenoxy) is 1. The Hall–Kier alpha value is -2.93. The Morgan fingerprint density at radius 1 is 1.30 bits per heavy atom. The monoisotopic (exact) mass is 369 g/mol. The highest BCUT2D eigenvalue weighted by molar-refractivity contribution is 5.99. The van der Waals surface area contributed by atoms with Crippen LogP contribution in [0.25, 0.3) is 0 Å². The van der Waals surface area contributed by atoms with Gasteiger partial charge in [0.05, 0.1) is 30.5 Å². The van der Waals surface area contributed by atoms with Crippen molar-refractivity contribution in [2.45, 2.75) is 13.0 Å². The minimum Gasteiger partial charge on any atom is -0.506 e. The number of amides is 2. The lowest BCUT2D eigenvalue weighted by atomic mass is 10.1. The topological polar surface area (TPSA) is 83.0 Å². The third-order valence-corrected chi connectivity index (χ3v) is 4.61. The number of likely N-dealkylation sites (tertiary alicyclic amines) is 1. The summed E-state index contributed by atoms with van der Waals surface area (Å²) in [7, 11) is 1.58. The molecule has 0 spiro atoms. The van der Waals surface area contributed by atoms with Gasteiger partial charge >= 0.3 is 0 Å². The number of benzene rings is 1. The van der Waals surface area contributed by atoms with Gasteiger partial charge in [-0.15, -0.1) is 0 Å². The van der Waals surface area contributed by atoms with Crippen molar-refractivity contribution in [2.24, 2.45) is 5.92 Å². The summed E-state index contributed by atoms with van der Waals surface area (Å²) in [4.78, 5) is 32.9. The van der Waals surface area contributed by atoms with Crippen LogP contribution in [0, 0.1) is 5.92 Å². The maximum Gasteiger partial charge on any atom is 0.232 e. The van der Waals surface area contributed by atoms with Gasteiger partial charge in [0.2, 0.25) is 11.8 Å². The molecule has 27 heavy (non-hydrogen) atoms. The van der Waals surface area contributed by atoms with Gasteiger partial charge in [0.25, 0.3) is 0 Å². The van der Waals surface area contributed by atoms with Gasteiger partial charge in [0.15, 0.2) is 0 Å². The molecule has 0 aliphatic carbocycles. The molecule has 7 nitrogen and oxygen atoms in total. The predicted molar refractivity (Wildman–Crippen MR) is 100 cm³/mol. The third-order valence-electron chi connectivity index (χ3n) is 4.61. The van der Waals surface area contributed by atoms with E-state index in [-0.39, 0.29) is 30.5 Å². The van der Waals surface area contributed by atoms with E-state index in [1.807, 2.05) is 12.1 Å². The first kappa shape index (κ1) is 18.8. The van der Waals surface area contributed by atoms with Crippen molar-refractivity contribution in [3.8, 4) is 5.75 Å². The molecule has 1 fully saturated rings. The molecule has 7 heteroatoms. The van der Waals surface area contributed by atoms with Crippen LogP contribution in [0.15, 0.2) is 48.7 Å². The average molecular weight is 369 g/mol. The predicted octanol–water partition coefficient (Wildman–Crippen LogP) is 1.82. The number of carbonyl (C=O) groups is 2. The number of phenols is 1. The van der Waals surface area contributed by atoms with Crippen LogP contribution in [-0.2, 0) is 20.9 Å². The lowest BCUT2D eigenvalue weighted by molar-refractivity contribution is -0.128. The standard InChI is InChI=1S/C20H23N3O4/c1-27-11-10-22-13-15(12-19(22)25)20(26)23(14-16-6-4-5-9-21-16)17-7-2-3-8-18(17)24/h2-9,15,24H,10-14H2,1H3. The highest BCUT2D eigenvalue weighted by Crippen LogP contribution is 2.31. The summed E-state index contributed by atoms with van der Waals surface area (Å²) < 4.78 is 5.03. The number of carbonyl (C=O) groups excluding carboxylic acids is 2. The summed E-state index contributed by atoms with van der Waals surface area (Å²) in [6.07, 6.45) is 1.82. The number of phenolic OH excluding ortho intramolecular Hbond substituents is 1. The molecular weight excluding hydrogens is 346 g/mol. The number of nitrogens with zero attached hydrogens (tertiary/aromatic N) is 3. The third kappa shape index (κ3) is 4.43. The number of hydrogen-bond donors (Lipinski definition) is 1. The van der Waals surface area contributed by atoms with Crippen LogP contribution in [0.1, 0.15) is 12.1 Å². The van der Waals surface area contributed by atoms with E-state index in [0.717, 1.165) is 0 Å². The van der Waals surface area contributed by atoms with Crippen LogP contribution in [0.4, 0.5) is 5.69 Å². The summed E-state index contributed by atoms with van der Waals surface area (Å²) in [5, 5.41) is 10.3. The van der Waals surface area contributed by atoms with E-state index in [0.29, 0.717) is 31.1 Å². The second kappa shape index (κ2) is 8.64. The number of pyridine rings is 1. The zero-order chi connectivity index (χ0) is 19.2. The van der Waals surface area contributed by atoms with E-state index in [9.17, 15) is 14.7 Å². The van der Waals surface area contributed by atoms with E-state index < -0.39 is 5.92 Å². The van der Waals surface area contributed by atoms with Gasteiger partial charge in [-0.1, -0.05) is 18.2 Å². The van der Waals surface area contributed by atoms with Crippen LogP contribution in [0.2, 0.25) is 0 Å². The molecule has 1 atom stereocenters. The maximum atomic E-state index is 13.2. The summed E-state index contributed by atoms with van der Waals surface area (Å²) in [5.74, 6) is -0.698. The quantitative estimate of drug-likeness (QED) is 0.805. The van der Waals surface area contributed by atoms with Gasteiger partial charge in [0.1, 0.15) is 5.75 Å². The van der Waals surface area contributed by atoms with Crippen LogP contribution >= 0.6 is 0 Å². The van der Waals surface area contributed by atoms with Crippen molar-refractivity contribution in [1.29, 1.82) is 0 Å². The molecule has 1 aliphatic rings. The van der Waals surface area contributed by atoms with Gasteiger partial charge < -0.3 is 19.6 Å². The Morgan fingerprint density at radius 3 is 2.78 bits per heavy atom.